The third-order valence-corrected chi connectivity index (χ3v) is 3.63. The lowest BCUT2D eigenvalue weighted by atomic mass is 10.0. The molecule has 1 aromatic carbocycles. The van der Waals surface area contributed by atoms with Crippen LogP contribution in [-0.2, 0) is 4.79 Å². The van der Waals surface area contributed by atoms with Crippen molar-refractivity contribution in [3.05, 3.63) is 65.4 Å². The summed E-state index contributed by atoms with van der Waals surface area (Å²) in [5.41, 5.74) is 13.2. The van der Waals surface area contributed by atoms with E-state index in [0.29, 0.717) is 22.9 Å². The monoisotopic (exact) mass is 385 g/mol. The van der Waals surface area contributed by atoms with E-state index in [1.807, 2.05) is 6.07 Å². The van der Waals surface area contributed by atoms with Crippen molar-refractivity contribution < 1.29 is 14.7 Å². The van der Waals surface area contributed by atoms with E-state index in [1.165, 1.54) is 18.3 Å². The summed E-state index contributed by atoms with van der Waals surface area (Å²) in [6.07, 6.45) is 3.66. The molecule has 0 saturated carbocycles. The van der Waals surface area contributed by atoms with Gasteiger partial charge in [-0.15, -0.1) is 0 Å². The van der Waals surface area contributed by atoms with Crippen LogP contribution in [0.4, 0.5) is 17.3 Å². The number of carbonyl (C=O) groups excluding carboxylic acids is 1. The Labute approximate surface area is 159 Å². The number of carboxylic acids is 1. The summed E-state index contributed by atoms with van der Waals surface area (Å²) in [4.78, 5) is 28.4. The number of aromatic carboxylic acids is 1. The number of halogens is 1. The van der Waals surface area contributed by atoms with Crippen molar-refractivity contribution in [2.45, 2.75) is 0 Å². The Morgan fingerprint density at radius 1 is 1.04 bits per heavy atom. The molecule has 0 radical (unpaired) electrons. The molecule has 9 heteroatoms. The van der Waals surface area contributed by atoms with Gasteiger partial charge in [0.15, 0.2) is 0 Å². The number of aromatic nitrogens is 2. The second-order valence-corrected chi connectivity index (χ2v) is 5.57. The number of nitrogens with one attached hydrogen (secondary N) is 1. The molecule has 0 fully saturated rings. The quantitative estimate of drug-likeness (QED) is 0.505. The maximum absolute atomic E-state index is 10.5. The average Bonchev–Trinajstić information content (AvgIpc) is 2.64. The first-order chi connectivity index (χ1) is 12.9. The molecule has 6 N–H and O–H groups in total. The van der Waals surface area contributed by atoms with Gasteiger partial charge in [0.25, 0.3) is 0 Å². The fraction of sp³-hybridized carbons (Fsp3) is 0. The Morgan fingerprint density at radius 3 is 2.26 bits per heavy atom. The zero-order chi connectivity index (χ0) is 19.8. The topological polar surface area (TPSA) is 144 Å². The zero-order valence-electron chi connectivity index (χ0n) is 14.0. The maximum atomic E-state index is 10.5. The molecule has 0 saturated heterocycles. The van der Waals surface area contributed by atoms with Crippen LogP contribution < -0.4 is 16.8 Å². The molecule has 138 valence electrons. The molecule has 27 heavy (non-hydrogen) atoms. The standard InChI is InChI=1S/C12H10ClN3O.C6H6N2O2/c13-8-3-4-11(16-7-17)10(6-8)9-2-1-5-15-12(9)14;7-5-4(6(9)10)2-1-3-8-5/h1-7H,(H2,14,15)(H,16,17);1-3H,(H2,7,8)(H,9,10). The molecule has 0 unspecified atom stereocenters. The number of rotatable bonds is 4. The molecule has 3 rings (SSSR count). The molecule has 0 aliphatic heterocycles. The van der Waals surface area contributed by atoms with Crippen LogP contribution in [0.5, 0.6) is 0 Å². The van der Waals surface area contributed by atoms with Crippen LogP contribution in [0.2, 0.25) is 5.02 Å². The van der Waals surface area contributed by atoms with Crippen molar-refractivity contribution in [1.29, 1.82) is 0 Å². The van der Waals surface area contributed by atoms with Gasteiger partial charge in [-0.1, -0.05) is 11.6 Å². The second kappa shape index (κ2) is 9.16. The van der Waals surface area contributed by atoms with Crippen LogP contribution in [0, 0.1) is 0 Å². The number of nitrogens with two attached hydrogens (primary N) is 2. The van der Waals surface area contributed by atoms with Crippen molar-refractivity contribution in [2.24, 2.45) is 0 Å². The first kappa shape index (κ1) is 19.7. The van der Waals surface area contributed by atoms with Gasteiger partial charge in [-0.25, -0.2) is 14.8 Å². The van der Waals surface area contributed by atoms with E-state index in [2.05, 4.69) is 15.3 Å². The fourth-order valence-corrected chi connectivity index (χ4v) is 2.34. The molecule has 8 nitrogen and oxygen atoms in total. The van der Waals surface area contributed by atoms with E-state index in [4.69, 9.17) is 28.2 Å². The number of hydrogen-bond donors (Lipinski definition) is 4. The van der Waals surface area contributed by atoms with Crippen LogP contribution in [0.25, 0.3) is 11.1 Å². The summed E-state index contributed by atoms with van der Waals surface area (Å²) >= 11 is 5.94. The molecular formula is C18H16ClN5O3. The minimum atomic E-state index is -1.05. The Bertz CT molecular complexity index is 965. The van der Waals surface area contributed by atoms with E-state index in [9.17, 15) is 9.59 Å². The third-order valence-electron chi connectivity index (χ3n) is 3.39. The summed E-state index contributed by atoms with van der Waals surface area (Å²) in [7, 11) is 0. The lowest BCUT2D eigenvalue weighted by molar-refractivity contribution is -0.105. The van der Waals surface area contributed by atoms with Crippen LogP contribution in [0.3, 0.4) is 0 Å². The van der Waals surface area contributed by atoms with Crippen molar-refractivity contribution in [1.82, 2.24) is 9.97 Å². The minimum absolute atomic E-state index is 0.0440. The van der Waals surface area contributed by atoms with E-state index < -0.39 is 5.97 Å². The highest BCUT2D eigenvalue weighted by Crippen LogP contribution is 2.33. The maximum Gasteiger partial charge on any atom is 0.339 e. The van der Waals surface area contributed by atoms with Crippen LogP contribution >= 0.6 is 11.6 Å². The number of anilines is 3. The van der Waals surface area contributed by atoms with Crippen LogP contribution in [0.15, 0.2) is 54.9 Å². The number of amides is 1. The third kappa shape index (κ3) is 5.16. The largest absolute Gasteiger partial charge is 0.478 e. The molecule has 3 aromatic rings. The summed E-state index contributed by atoms with van der Waals surface area (Å²) < 4.78 is 0. The average molecular weight is 386 g/mol. The van der Waals surface area contributed by atoms with Crippen LogP contribution in [-0.4, -0.2) is 27.5 Å². The summed E-state index contributed by atoms with van der Waals surface area (Å²) in [6, 6.07) is 11.7. The fourth-order valence-electron chi connectivity index (χ4n) is 2.17. The minimum Gasteiger partial charge on any atom is -0.478 e. The van der Waals surface area contributed by atoms with Crippen LogP contribution in [0.1, 0.15) is 10.4 Å². The smallest absolute Gasteiger partial charge is 0.339 e. The number of pyridine rings is 2. The summed E-state index contributed by atoms with van der Waals surface area (Å²) in [5, 5.41) is 11.6. The zero-order valence-corrected chi connectivity index (χ0v) is 14.7. The predicted octanol–water partition coefficient (Wildman–Crippen LogP) is 2.91. The lowest BCUT2D eigenvalue weighted by Gasteiger charge is -2.10. The number of carbonyl (C=O) groups is 2. The number of nitrogens with zero attached hydrogens (tertiary/aromatic N) is 2. The highest BCUT2D eigenvalue weighted by atomic mass is 35.5. The normalized spacial score (nSPS) is 9.67. The Balaban J connectivity index is 0.000000223. The van der Waals surface area contributed by atoms with Gasteiger partial charge in [0, 0.05) is 34.2 Å². The molecule has 0 aliphatic rings. The van der Waals surface area contributed by atoms with Crippen molar-refractivity contribution in [3.8, 4) is 11.1 Å². The second-order valence-electron chi connectivity index (χ2n) is 5.13. The van der Waals surface area contributed by atoms with Gasteiger partial charge in [0.1, 0.15) is 17.2 Å². The highest BCUT2D eigenvalue weighted by molar-refractivity contribution is 6.31. The van der Waals surface area contributed by atoms with Gasteiger partial charge in [-0.2, -0.15) is 0 Å². The van der Waals surface area contributed by atoms with Gasteiger partial charge in [-0.05, 0) is 42.5 Å². The molecule has 0 atom stereocenters. The predicted molar refractivity (Wildman–Crippen MR) is 104 cm³/mol. The molecule has 1 amide bonds. The Hall–Kier alpha value is -3.65. The van der Waals surface area contributed by atoms with Crippen molar-refractivity contribution >= 4 is 41.3 Å². The number of nitrogen functional groups attached to an aromatic ring is 2. The van der Waals surface area contributed by atoms with E-state index in [1.54, 1.807) is 30.5 Å². The molecule has 0 spiro atoms. The number of carboxylic acid groups (broad SMARTS) is 1. The van der Waals surface area contributed by atoms with E-state index >= 15 is 0 Å². The molecule has 2 aromatic heterocycles. The molecule has 0 aliphatic carbocycles. The SMILES string of the molecule is Nc1ncccc1-c1cc(Cl)ccc1NC=O.Nc1ncccc1C(=O)O. The first-order valence-corrected chi connectivity index (χ1v) is 7.96. The summed E-state index contributed by atoms with van der Waals surface area (Å²) in [5.74, 6) is -0.607. The van der Waals surface area contributed by atoms with Gasteiger partial charge < -0.3 is 21.9 Å². The highest BCUT2D eigenvalue weighted by Gasteiger charge is 2.09. The summed E-state index contributed by atoms with van der Waals surface area (Å²) in [6.45, 7) is 0. The molecule has 2 heterocycles. The van der Waals surface area contributed by atoms with Gasteiger partial charge in [0.2, 0.25) is 6.41 Å². The number of hydrogen-bond acceptors (Lipinski definition) is 6. The molecular weight excluding hydrogens is 370 g/mol. The lowest BCUT2D eigenvalue weighted by Crippen LogP contribution is -2.03. The van der Waals surface area contributed by atoms with Gasteiger partial charge in [-0.3, -0.25) is 4.79 Å². The van der Waals surface area contributed by atoms with Crippen molar-refractivity contribution in [2.75, 3.05) is 16.8 Å². The van der Waals surface area contributed by atoms with Gasteiger partial charge >= 0.3 is 5.97 Å². The van der Waals surface area contributed by atoms with Crippen molar-refractivity contribution in [3.63, 3.8) is 0 Å². The molecule has 0 bridgehead atoms. The van der Waals surface area contributed by atoms with E-state index in [0.717, 1.165) is 11.1 Å². The van der Waals surface area contributed by atoms with Gasteiger partial charge in [0.05, 0.1) is 0 Å². The first-order valence-electron chi connectivity index (χ1n) is 7.58. The Morgan fingerprint density at radius 2 is 1.70 bits per heavy atom. The van der Waals surface area contributed by atoms with E-state index in [-0.39, 0.29) is 11.4 Å². The Kier molecular flexibility index (Phi) is 6.67. The number of benzene rings is 1.